The topological polar surface area (TPSA) is 209 Å². The van der Waals surface area contributed by atoms with Gasteiger partial charge in [0.1, 0.15) is 16.3 Å². The Kier molecular flexibility index (Phi) is 5.13. The summed E-state index contributed by atoms with van der Waals surface area (Å²) < 4.78 is 37.6. The van der Waals surface area contributed by atoms with E-state index in [1.54, 1.807) is 42.5 Å². The minimum Gasteiger partial charge on any atom is -0.447 e. The molecule has 3 aromatic rings. The molecular formula is C17H18N6O5S. The molecule has 12 heteroatoms. The van der Waals surface area contributed by atoms with E-state index in [0.29, 0.717) is 27.9 Å². The van der Waals surface area contributed by atoms with Crippen molar-refractivity contribution in [1.82, 2.24) is 0 Å². The van der Waals surface area contributed by atoms with Gasteiger partial charge in [-0.25, -0.2) is 0 Å². The summed E-state index contributed by atoms with van der Waals surface area (Å²) >= 11 is 0. The Labute approximate surface area is 165 Å². The van der Waals surface area contributed by atoms with Gasteiger partial charge in [-0.05, 0) is 59.1 Å². The van der Waals surface area contributed by atoms with Gasteiger partial charge in [-0.15, -0.1) is 4.91 Å². The van der Waals surface area contributed by atoms with Crippen molar-refractivity contribution in [2.24, 2.45) is 22.4 Å². The normalized spacial score (nSPS) is 12.0. The highest BCUT2D eigenvalue weighted by molar-refractivity contribution is 7.86. The van der Waals surface area contributed by atoms with Crippen LogP contribution in [0.2, 0.25) is 0 Å². The van der Waals surface area contributed by atoms with Crippen molar-refractivity contribution in [1.29, 1.82) is 0 Å². The number of hydrogen-bond acceptors (Lipinski definition) is 10. The average Bonchev–Trinajstić information content (AvgIpc) is 2.61. The van der Waals surface area contributed by atoms with E-state index in [1.807, 2.05) is 0 Å². The molecule has 11 nitrogen and oxygen atoms in total. The van der Waals surface area contributed by atoms with Gasteiger partial charge in [-0.3, -0.25) is 21.8 Å². The number of nitrogens with two attached hydrogens (primary N) is 4. The van der Waals surface area contributed by atoms with Crippen LogP contribution in [-0.2, 0) is 10.1 Å². The lowest BCUT2D eigenvalue weighted by molar-refractivity contribution is 0.0902. The number of nitrogens with one attached hydrogen (secondary N) is 1. The fourth-order valence-electron chi connectivity index (χ4n) is 2.75. The summed E-state index contributed by atoms with van der Waals surface area (Å²) in [5.41, 5.74) is 22.4. The molecule has 0 aliphatic rings. The molecular weight excluding hydrogens is 400 g/mol. The predicted molar refractivity (Wildman–Crippen MR) is 109 cm³/mol. The van der Waals surface area contributed by atoms with Crippen molar-refractivity contribution < 1.29 is 17.7 Å². The maximum atomic E-state index is 11.6. The molecule has 0 atom stereocenters. The van der Waals surface area contributed by atoms with E-state index >= 15 is 0 Å². The minimum absolute atomic E-state index is 0.267. The van der Waals surface area contributed by atoms with Gasteiger partial charge >= 0.3 is 0 Å². The fraction of sp³-hybridized carbons (Fsp3) is 0.0588. The van der Waals surface area contributed by atoms with Crippen LogP contribution in [0.5, 0.6) is 5.75 Å². The van der Waals surface area contributed by atoms with Crippen LogP contribution in [0.1, 0.15) is 0 Å². The smallest absolute Gasteiger partial charge is 0.296 e. The van der Waals surface area contributed by atoms with E-state index in [9.17, 15) is 17.9 Å². The number of nitrogen functional groups attached to an aromatic ring is 1. The molecule has 0 radical (unpaired) electrons. The van der Waals surface area contributed by atoms with E-state index < -0.39 is 26.7 Å². The quantitative estimate of drug-likeness (QED) is 0.147. The highest BCUT2D eigenvalue weighted by Crippen LogP contribution is 2.38. The monoisotopic (exact) mass is 418 g/mol. The third-order valence-electron chi connectivity index (χ3n) is 3.92. The van der Waals surface area contributed by atoms with Crippen molar-refractivity contribution >= 4 is 43.6 Å². The molecule has 0 bridgehead atoms. The lowest BCUT2D eigenvalue weighted by Crippen LogP contribution is -2.62. The maximum absolute atomic E-state index is 11.6. The molecule has 0 aromatic heterocycles. The van der Waals surface area contributed by atoms with Gasteiger partial charge in [0.05, 0.1) is 5.69 Å². The summed E-state index contributed by atoms with van der Waals surface area (Å²) in [6, 6.07) is 12.5. The van der Waals surface area contributed by atoms with E-state index in [4.69, 9.17) is 27.7 Å². The zero-order valence-electron chi connectivity index (χ0n) is 14.9. The first-order chi connectivity index (χ1) is 13.5. The van der Waals surface area contributed by atoms with Crippen LogP contribution in [0.3, 0.4) is 0 Å². The maximum Gasteiger partial charge on any atom is 0.296 e. The number of rotatable bonds is 6. The molecule has 0 spiro atoms. The number of nitrogens with zero attached hydrogens (tertiary/aromatic N) is 1. The summed E-state index contributed by atoms with van der Waals surface area (Å²) in [6.07, 6.45) is 0. The van der Waals surface area contributed by atoms with Gasteiger partial charge in [-0.1, -0.05) is 0 Å². The van der Waals surface area contributed by atoms with Crippen molar-refractivity contribution in [2.45, 2.75) is 10.9 Å². The van der Waals surface area contributed by atoms with Crippen molar-refractivity contribution in [3.8, 4) is 5.75 Å². The lowest BCUT2D eigenvalue weighted by Gasteiger charge is -2.20. The molecule has 0 saturated heterocycles. The predicted octanol–water partition coefficient (Wildman–Crippen LogP) is 1.68. The Morgan fingerprint density at radius 3 is 2.17 bits per heavy atom. The number of benzene rings is 3. The molecule has 10 N–H and O–H groups in total. The van der Waals surface area contributed by atoms with Gasteiger partial charge in [-0.2, -0.15) is 8.42 Å². The lowest BCUT2D eigenvalue weighted by atomic mass is 10.1. The minimum atomic E-state index is -4.64. The van der Waals surface area contributed by atoms with Crippen LogP contribution in [-0.4, -0.2) is 18.9 Å². The molecule has 0 aliphatic heterocycles. The zero-order chi connectivity index (χ0) is 21.4. The summed E-state index contributed by atoms with van der Waals surface area (Å²) in [5, 5.41) is 6.58. The highest BCUT2D eigenvalue weighted by atomic mass is 32.2. The Morgan fingerprint density at radius 2 is 1.62 bits per heavy atom. The van der Waals surface area contributed by atoms with Gasteiger partial charge in [0.25, 0.3) is 16.1 Å². The summed E-state index contributed by atoms with van der Waals surface area (Å²) in [5.74, 6) is -1.44. The second-order valence-corrected chi connectivity index (χ2v) is 7.63. The molecule has 0 fully saturated rings. The second-order valence-electron chi connectivity index (χ2n) is 6.24. The molecule has 0 aliphatic carbocycles. The average molecular weight is 418 g/mol. The molecule has 152 valence electrons. The van der Waals surface area contributed by atoms with E-state index in [2.05, 4.69) is 10.5 Å². The van der Waals surface area contributed by atoms with Gasteiger partial charge in [0, 0.05) is 16.8 Å². The Balaban J connectivity index is 1.97. The number of nitroso groups, excluding NO2 is 1. The van der Waals surface area contributed by atoms with Crippen LogP contribution in [0.25, 0.3) is 10.8 Å². The van der Waals surface area contributed by atoms with Gasteiger partial charge in [0.15, 0.2) is 0 Å². The Bertz CT molecular complexity index is 1190. The Morgan fingerprint density at radius 1 is 1.00 bits per heavy atom. The first-order valence-corrected chi connectivity index (χ1v) is 9.52. The molecule has 0 saturated carbocycles. The van der Waals surface area contributed by atoms with Gasteiger partial charge in [0.2, 0.25) is 0 Å². The van der Waals surface area contributed by atoms with E-state index in [0.717, 1.165) is 0 Å². The summed E-state index contributed by atoms with van der Waals surface area (Å²) in [4.78, 5) is 10.6. The third kappa shape index (κ3) is 4.59. The largest absolute Gasteiger partial charge is 0.447 e. The van der Waals surface area contributed by atoms with Crippen LogP contribution in [0, 0.1) is 4.91 Å². The van der Waals surface area contributed by atoms with E-state index in [1.165, 1.54) is 6.07 Å². The van der Waals surface area contributed by atoms with E-state index in [-0.39, 0.29) is 5.69 Å². The Hall–Kier alpha value is -3.29. The number of ether oxygens (including phenoxy) is 1. The van der Waals surface area contributed by atoms with Crippen molar-refractivity contribution in [3.05, 3.63) is 53.4 Å². The third-order valence-corrected chi connectivity index (χ3v) is 4.81. The number of fused-ring (bicyclic) bond motifs is 1. The van der Waals surface area contributed by atoms with Crippen LogP contribution in [0.15, 0.2) is 58.6 Å². The van der Waals surface area contributed by atoms with Crippen molar-refractivity contribution in [3.63, 3.8) is 0 Å². The number of hydrogen-bond donors (Lipinski definition) is 6. The molecule has 29 heavy (non-hydrogen) atoms. The molecule has 0 amide bonds. The van der Waals surface area contributed by atoms with Crippen LogP contribution < -0.4 is 33.0 Å². The summed E-state index contributed by atoms with van der Waals surface area (Å²) in [6.45, 7) is 0. The van der Waals surface area contributed by atoms with Crippen LogP contribution >= 0.6 is 0 Å². The summed E-state index contributed by atoms with van der Waals surface area (Å²) in [7, 11) is -4.64. The SMILES string of the molecule is Nc1c(S(=O)(=O)O)cc2cc(Nc3ccc(OC(N)(N)N)cc3)ccc2c1N=O. The van der Waals surface area contributed by atoms with Crippen molar-refractivity contribution in [2.75, 3.05) is 11.1 Å². The standard InChI is InChI=1S/C17H18N6O5S/c18-15-14(29(25,26)27)8-9-7-11(3-6-13(9)16(15)23-24)22-10-1-4-12(5-2-10)28-17(19,20)21/h1-8,22H,18-21H2,(H,25,26,27). The molecule has 3 rings (SSSR count). The molecule has 3 aromatic carbocycles. The second kappa shape index (κ2) is 7.27. The first-order valence-electron chi connectivity index (χ1n) is 8.08. The zero-order valence-corrected chi connectivity index (χ0v) is 15.7. The van der Waals surface area contributed by atoms with Gasteiger partial charge < -0.3 is 15.8 Å². The van der Waals surface area contributed by atoms with Crippen LogP contribution in [0.4, 0.5) is 22.7 Å². The fourth-order valence-corrected chi connectivity index (χ4v) is 3.40. The number of anilines is 3. The molecule has 0 unspecified atom stereocenters. The first kappa shape index (κ1) is 20.4. The molecule has 0 heterocycles. The highest BCUT2D eigenvalue weighted by Gasteiger charge is 2.20.